The van der Waals surface area contributed by atoms with Crippen molar-refractivity contribution in [3.63, 3.8) is 0 Å². The number of aliphatic imine (C=N–C) groups is 1. The number of carbonyl (C=O) groups is 1. The fourth-order valence-corrected chi connectivity index (χ4v) is 4.18. The molecule has 4 rings (SSSR count). The van der Waals surface area contributed by atoms with Crippen LogP contribution in [-0.2, 0) is 4.79 Å². The number of halogens is 1. The largest absolute Gasteiger partial charge is 0.318 e. The zero-order chi connectivity index (χ0) is 19.3. The third-order valence-corrected chi connectivity index (χ3v) is 5.58. The lowest BCUT2D eigenvalue weighted by Gasteiger charge is -2.25. The van der Waals surface area contributed by atoms with E-state index in [0.29, 0.717) is 5.17 Å². The maximum Gasteiger partial charge on any atom is 0.283 e. The second kappa shape index (κ2) is 6.35. The molecular formula is C20H17FN4OS. The highest BCUT2D eigenvalue weighted by molar-refractivity contribution is 8.16. The number of fused-ring (bicyclic) bond motifs is 1. The van der Waals surface area contributed by atoms with Crippen LogP contribution in [0.25, 0.3) is 11.8 Å². The monoisotopic (exact) mass is 380 g/mol. The third kappa shape index (κ3) is 2.84. The smallest absolute Gasteiger partial charge is 0.283 e. The van der Waals surface area contributed by atoms with E-state index in [0.717, 1.165) is 28.3 Å². The Balaban J connectivity index is 1.78. The molecule has 0 saturated carbocycles. The number of hydrogen-bond acceptors (Lipinski definition) is 3. The Bertz CT molecular complexity index is 1080. The molecule has 136 valence electrons. The first-order valence-corrected chi connectivity index (χ1v) is 9.27. The summed E-state index contributed by atoms with van der Waals surface area (Å²) in [6.07, 6.45) is 1.71. The number of amides is 1. The van der Waals surface area contributed by atoms with Gasteiger partial charge in [-0.2, -0.15) is 4.99 Å². The molecule has 2 aromatic rings. The van der Waals surface area contributed by atoms with Gasteiger partial charge in [-0.15, -0.1) is 0 Å². The van der Waals surface area contributed by atoms with E-state index in [2.05, 4.69) is 4.99 Å². The zero-order valence-electron chi connectivity index (χ0n) is 15.1. The maximum atomic E-state index is 13.2. The summed E-state index contributed by atoms with van der Waals surface area (Å²) in [5.74, 6) is -0.561. The van der Waals surface area contributed by atoms with Crippen LogP contribution in [0.1, 0.15) is 23.9 Å². The van der Waals surface area contributed by atoms with E-state index in [9.17, 15) is 9.18 Å². The van der Waals surface area contributed by atoms with Crippen LogP contribution in [0.2, 0.25) is 0 Å². The summed E-state index contributed by atoms with van der Waals surface area (Å²) in [4.78, 5) is 18.2. The lowest BCUT2D eigenvalue weighted by molar-refractivity contribution is -0.114. The Hall–Kier alpha value is -2.93. The lowest BCUT2D eigenvalue weighted by atomic mass is 10.1. The molecule has 0 saturated heterocycles. The van der Waals surface area contributed by atoms with Gasteiger partial charge in [-0.25, -0.2) is 4.39 Å². The molecule has 3 heterocycles. The number of aryl methyl sites for hydroxylation is 1. The molecular weight excluding hydrogens is 363 g/mol. The predicted molar refractivity (Wildman–Crippen MR) is 107 cm³/mol. The molecule has 0 unspecified atom stereocenters. The quantitative estimate of drug-likeness (QED) is 0.786. The van der Waals surface area contributed by atoms with Gasteiger partial charge in [0.1, 0.15) is 11.7 Å². The highest BCUT2D eigenvalue weighted by atomic mass is 32.2. The average Bonchev–Trinajstić information content (AvgIpc) is 3.12. The molecule has 7 heteroatoms. The highest BCUT2D eigenvalue weighted by Crippen LogP contribution is 2.32. The fraction of sp³-hybridized carbons (Fsp3) is 0.150. The van der Waals surface area contributed by atoms with Crippen molar-refractivity contribution in [3.8, 4) is 5.69 Å². The van der Waals surface area contributed by atoms with Gasteiger partial charge in [0.25, 0.3) is 5.91 Å². The molecule has 0 aliphatic carbocycles. The summed E-state index contributed by atoms with van der Waals surface area (Å²) in [6, 6.07) is 8.22. The van der Waals surface area contributed by atoms with Crippen molar-refractivity contribution < 1.29 is 9.18 Å². The number of nitrogens with zero attached hydrogens (tertiary/aromatic N) is 3. The minimum atomic E-state index is -0.409. The van der Waals surface area contributed by atoms with Gasteiger partial charge in [-0.1, -0.05) is 11.8 Å². The molecule has 0 fully saturated rings. The predicted octanol–water partition coefficient (Wildman–Crippen LogP) is 4.40. The van der Waals surface area contributed by atoms with Crippen LogP contribution in [0.5, 0.6) is 0 Å². The molecule has 0 spiro atoms. The maximum absolute atomic E-state index is 13.2. The van der Waals surface area contributed by atoms with E-state index >= 15 is 0 Å². The zero-order valence-corrected chi connectivity index (χ0v) is 15.9. The van der Waals surface area contributed by atoms with Gasteiger partial charge in [0.15, 0.2) is 5.17 Å². The number of rotatable bonds is 2. The van der Waals surface area contributed by atoms with E-state index in [1.165, 1.54) is 23.9 Å². The van der Waals surface area contributed by atoms with Crippen LogP contribution in [0.3, 0.4) is 0 Å². The Morgan fingerprint density at radius 2 is 1.89 bits per heavy atom. The van der Waals surface area contributed by atoms with Crippen molar-refractivity contribution in [1.82, 2.24) is 9.47 Å². The van der Waals surface area contributed by atoms with Gasteiger partial charge >= 0.3 is 0 Å². The average molecular weight is 380 g/mol. The van der Waals surface area contributed by atoms with Gasteiger partial charge in [0, 0.05) is 22.8 Å². The van der Waals surface area contributed by atoms with E-state index in [1.54, 1.807) is 23.1 Å². The fourth-order valence-electron chi connectivity index (χ4n) is 3.32. The summed E-state index contributed by atoms with van der Waals surface area (Å²) in [5, 5.41) is 10.9. The molecule has 1 amide bonds. The Morgan fingerprint density at radius 1 is 1.19 bits per heavy atom. The molecule has 1 aromatic carbocycles. The summed E-state index contributed by atoms with van der Waals surface area (Å²) < 4.78 is 15.2. The molecule has 0 bridgehead atoms. The SMILES string of the molecule is CC1=CSC2=NC(=O)C(=Cc3cc(C)n(-c4ccc(F)cc4)c3C)C(=N)N12. The third-order valence-electron chi connectivity index (χ3n) is 4.64. The molecule has 5 nitrogen and oxygen atoms in total. The first-order valence-electron chi connectivity index (χ1n) is 8.39. The van der Waals surface area contributed by atoms with Crippen molar-refractivity contribution in [2.45, 2.75) is 20.8 Å². The Morgan fingerprint density at radius 3 is 2.59 bits per heavy atom. The molecule has 2 aliphatic rings. The van der Waals surface area contributed by atoms with Gasteiger partial charge < -0.3 is 4.57 Å². The van der Waals surface area contributed by atoms with Gasteiger partial charge in [-0.05, 0) is 68.2 Å². The number of benzene rings is 1. The standard InChI is InChI=1S/C20H17FN4OS/c1-11-8-14(13(3)24(11)16-6-4-15(21)5-7-16)9-17-18(22)25-12(2)10-27-20(25)23-19(17)26/h4-10,22H,1-3H3. The second-order valence-corrected chi connectivity index (χ2v) is 7.29. The number of hydrogen-bond donors (Lipinski definition) is 1. The second-order valence-electron chi connectivity index (χ2n) is 6.46. The van der Waals surface area contributed by atoms with Gasteiger partial charge in [0.2, 0.25) is 0 Å². The van der Waals surface area contributed by atoms with Crippen LogP contribution >= 0.6 is 11.8 Å². The topological polar surface area (TPSA) is 61.5 Å². The molecule has 1 aromatic heterocycles. The molecule has 2 aliphatic heterocycles. The molecule has 0 atom stereocenters. The number of nitrogens with one attached hydrogen (secondary N) is 1. The Labute approximate surface area is 160 Å². The molecule has 0 radical (unpaired) electrons. The van der Waals surface area contributed by atoms with E-state index in [-0.39, 0.29) is 17.2 Å². The van der Waals surface area contributed by atoms with Crippen molar-refractivity contribution in [2.24, 2.45) is 4.99 Å². The van der Waals surface area contributed by atoms with Crippen molar-refractivity contribution in [3.05, 3.63) is 69.8 Å². The van der Waals surface area contributed by atoms with E-state index in [4.69, 9.17) is 5.41 Å². The van der Waals surface area contributed by atoms with E-state index in [1.807, 2.05) is 36.8 Å². The van der Waals surface area contributed by atoms with Crippen LogP contribution in [0, 0.1) is 25.1 Å². The number of amidine groups is 2. The number of aromatic nitrogens is 1. The van der Waals surface area contributed by atoms with Crippen molar-refractivity contribution >= 4 is 34.7 Å². The summed E-state index contributed by atoms with van der Waals surface area (Å²) in [6.45, 7) is 5.77. The number of thioether (sulfide) groups is 1. The Kier molecular flexibility index (Phi) is 4.11. The van der Waals surface area contributed by atoms with Crippen molar-refractivity contribution in [2.75, 3.05) is 0 Å². The lowest BCUT2D eigenvalue weighted by Crippen LogP contribution is -2.37. The highest BCUT2D eigenvalue weighted by Gasteiger charge is 2.34. The molecule has 27 heavy (non-hydrogen) atoms. The van der Waals surface area contributed by atoms with Crippen LogP contribution in [0.15, 0.2) is 52.0 Å². The van der Waals surface area contributed by atoms with Crippen LogP contribution in [-0.4, -0.2) is 26.4 Å². The van der Waals surface area contributed by atoms with E-state index < -0.39 is 5.91 Å². The van der Waals surface area contributed by atoms with Crippen LogP contribution in [0.4, 0.5) is 4.39 Å². The normalized spacial score (nSPS) is 18.1. The summed E-state index contributed by atoms with van der Waals surface area (Å²) >= 11 is 1.35. The van der Waals surface area contributed by atoms with Gasteiger partial charge in [-0.3, -0.25) is 15.1 Å². The van der Waals surface area contributed by atoms with Crippen LogP contribution < -0.4 is 0 Å². The minimum Gasteiger partial charge on any atom is -0.318 e. The number of allylic oxidation sites excluding steroid dienone is 1. The number of carbonyl (C=O) groups excluding carboxylic acids is 1. The van der Waals surface area contributed by atoms with Crippen molar-refractivity contribution in [1.29, 1.82) is 5.41 Å². The summed E-state index contributed by atoms with van der Waals surface area (Å²) in [5.41, 5.74) is 4.67. The first-order chi connectivity index (χ1) is 12.9. The minimum absolute atomic E-state index is 0.135. The summed E-state index contributed by atoms with van der Waals surface area (Å²) in [7, 11) is 0. The van der Waals surface area contributed by atoms with Gasteiger partial charge in [0.05, 0.1) is 5.57 Å². The first kappa shape index (κ1) is 17.5. The molecule has 1 N–H and O–H groups in total.